The van der Waals surface area contributed by atoms with Crippen LogP contribution in [0.1, 0.15) is 16.1 Å². The summed E-state index contributed by atoms with van der Waals surface area (Å²) in [4.78, 5) is 14.0. The minimum absolute atomic E-state index is 0.146. The lowest BCUT2D eigenvalue weighted by atomic mass is 10.2. The number of aryl methyl sites for hydroxylation is 1. The molecule has 0 saturated carbocycles. The van der Waals surface area contributed by atoms with Gasteiger partial charge in [-0.1, -0.05) is 17.7 Å². The van der Waals surface area contributed by atoms with Gasteiger partial charge in [0.1, 0.15) is 0 Å². The van der Waals surface area contributed by atoms with E-state index >= 15 is 0 Å². The number of sulfonamides is 1. The quantitative estimate of drug-likeness (QED) is 0.894. The summed E-state index contributed by atoms with van der Waals surface area (Å²) >= 11 is 5.91. The summed E-state index contributed by atoms with van der Waals surface area (Å²) in [7, 11) is -4.14. The zero-order valence-electron chi connectivity index (χ0n) is 10.1. The molecule has 2 N–H and O–H groups in total. The normalized spacial score (nSPS) is 11.3. The number of hydrogen-bond donors (Lipinski definition) is 2. The van der Waals surface area contributed by atoms with E-state index in [2.05, 4.69) is 14.1 Å². The Balaban J connectivity index is 2.33. The lowest BCUT2D eigenvalue weighted by molar-refractivity contribution is 0.0656. The number of rotatable bonds is 4. The smallest absolute Gasteiger partial charge is 0.373 e. The Morgan fingerprint density at radius 2 is 2.15 bits per heavy atom. The number of halogens is 1. The topological polar surface area (TPSA) is 110 Å². The van der Waals surface area contributed by atoms with Crippen molar-refractivity contribution in [3.63, 3.8) is 0 Å². The van der Waals surface area contributed by atoms with Crippen LogP contribution in [0.2, 0.25) is 5.02 Å². The number of anilines is 1. The van der Waals surface area contributed by atoms with Gasteiger partial charge in [0.2, 0.25) is 5.76 Å². The maximum atomic E-state index is 12.0. The summed E-state index contributed by atoms with van der Waals surface area (Å²) in [5.41, 5.74) is 1.01. The standard InChI is InChI=1S/C11H9ClN2O5S/c1-6-2-3-8(7(12)4-6)14-20(17,18)11-13-5-9(19-11)10(15)16/h2-5,14H,1H3,(H,15,16). The van der Waals surface area contributed by atoms with Crippen molar-refractivity contribution >= 4 is 33.3 Å². The minimum atomic E-state index is -4.14. The van der Waals surface area contributed by atoms with Crippen LogP contribution in [0.15, 0.2) is 34.0 Å². The molecule has 0 aliphatic rings. The van der Waals surface area contributed by atoms with Crippen LogP contribution in [0.3, 0.4) is 0 Å². The molecule has 106 valence electrons. The van der Waals surface area contributed by atoms with E-state index in [0.717, 1.165) is 11.8 Å². The van der Waals surface area contributed by atoms with Crippen LogP contribution in [0, 0.1) is 6.92 Å². The van der Waals surface area contributed by atoms with Gasteiger partial charge in [0.05, 0.1) is 16.9 Å². The molecule has 1 heterocycles. The molecule has 20 heavy (non-hydrogen) atoms. The third-order valence-corrected chi connectivity index (χ3v) is 3.74. The zero-order chi connectivity index (χ0) is 14.9. The van der Waals surface area contributed by atoms with Crippen molar-refractivity contribution in [3.8, 4) is 0 Å². The van der Waals surface area contributed by atoms with Gasteiger partial charge in [-0.2, -0.15) is 8.42 Å². The Kier molecular flexibility index (Phi) is 3.69. The molecule has 1 aromatic heterocycles. The number of nitrogens with zero attached hydrogens (tertiary/aromatic N) is 1. The number of oxazole rings is 1. The highest BCUT2D eigenvalue weighted by Gasteiger charge is 2.24. The summed E-state index contributed by atoms with van der Waals surface area (Å²) in [6.07, 6.45) is 0.813. The molecule has 0 fully saturated rings. The molecule has 0 radical (unpaired) electrons. The molecule has 0 amide bonds. The Hall–Kier alpha value is -2.06. The molecule has 0 unspecified atom stereocenters. The van der Waals surface area contributed by atoms with Crippen molar-refractivity contribution in [1.29, 1.82) is 0 Å². The van der Waals surface area contributed by atoms with Crippen LogP contribution in [0.4, 0.5) is 5.69 Å². The molecule has 2 aromatic rings. The van der Waals surface area contributed by atoms with Gasteiger partial charge in [0.25, 0.3) is 0 Å². The predicted molar refractivity (Wildman–Crippen MR) is 70.5 cm³/mol. The molecule has 1 aromatic carbocycles. The highest BCUT2D eigenvalue weighted by Crippen LogP contribution is 2.25. The van der Waals surface area contributed by atoms with Gasteiger partial charge in [0, 0.05) is 0 Å². The molecule has 0 aliphatic heterocycles. The molecule has 0 spiro atoms. The largest absolute Gasteiger partial charge is 0.475 e. The van der Waals surface area contributed by atoms with Crippen LogP contribution in [0.25, 0.3) is 0 Å². The molecule has 0 aliphatic carbocycles. The van der Waals surface area contributed by atoms with E-state index in [1.165, 1.54) is 6.07 Å². The second-order valence-corrected chi connectivity index (χ2v) is 5.85. The third-order valence-electron chi connectivity index (χ3n) is 2.29. The lowest BCUT2D eigenvalue weighted by Gasteiger charge is -2.07. The number of aromatic carboxylic acids is 1. The molecule has 2 rings (SSSR count). The number of nitrogens with one attached hydrogen (secondary N) is 1. The first-order chi connectivity index (χ1) is 9.29. The van der Waals surface area contributed by atoms with Crippen molar-refractivity contribution < 1.29 is 22.7 Å². The van der Waals surface area contributed by atoms with Gasteiger partial charge in [0.15, 0.2) is 0 Å². The molecule has 7 nitrogen and oxygen atoms in total. The zero-order valence-corrected chi connectivity index (χ0v) is 11.7. The van der Waals surface area contributed by atoms with Gasteiger partial charge < -0.3 is 9.52 Å². The van der Waals surface area contributed by atoms with E-state index in [9.17, 15) is 13.2 Å². The van der Waals surface area contributed by atoms with E-state index in [1.54, 1.807) is 19.1 Å². The molecule has 0 saturated heterocycles. The average Bonchev–Trinajstić information content (AvgIpc) is 2.83. The van der Waals surface area contributed by atoms with Crippen molar-refractivity contribution in [2.24, 2.45) is 0 Å². The van der Waals surface area contributed by atoms with Crippen LogP contribution < -0.4 is 4.72 Å². The number of carboxylic acid groups (broad SMARTS) is 1. The van der Waals surface area contributed by atoms with Gasteiger partial charge >= 0.3 is 21.2 Å². The van der Waals surface area contributed by atoms with Crippen LogP contribution >= 0.6 is 11.6 Å². The molecule has 0 atom stereocenters. The SMILES string of the molecule is Cc1ccc(NS(=O)(=O)c2ncc(C(=O)O)o2)c(Cl)c1. The van der Waals surface area contributed by atoms with Crippen molar-refractivity contribution in [1.82, 2.24) is 4.98 Å². The Morgan fingerprint density at radius 1 is 1.45 bits per heavy atom. The number of aromatic nitrogens is 1. The van der Waals surface area contributed by atoms with Gasteiger partial charge in [-0.05, 0) is 24.6 Å². The first-order valence-electron chi connectivity index (χ1n) is 5.28. The summed E-state index contributed by atoms with van der Waals surface area (Å²) in [5, 5.41) is 8.12. The first-order valence-corrected chi connectivity index (χ1v) is 7.14. The summed E-state index contributed by atoms with van der Waals surface area (Å²) in [5.74, 6) is -1.98. The predicted octanol–water partition coefficient (Wildman–Crippen LogP) is 2.14. The lowest BCUT2D eigenvalue weighted by Crippen LogP contribution is -2.13. The van der Waals surface area contributed by atoms with Gasteiger partial charge in [-0.3, -0.25) is 4.72 Å². The van der Waals surface area contributed by atoms with Gasteiger partial charge in [-0.15, -0.1) is 0 Å². The fourth-order valence-electron chi connectivity index (χ4n) is 1.37. The average molecular weight is 317 g/mol. The third kappa shape index (κ3) is 2.91. The number of benzene rings is 1. The highest BCUT2D eigenvalue weighted by molar-refractivity contribution is 7.92. The first kappa shape index (κ1) is 14.4. The van der Waals surface area contributed by atoms with Crippen LogP contribution in [-0.2, 0) is 10.0 Å². The van der Waals surface area contributed by atoms with E-state index in [4.69, 9.17) is 16.7 Å². The van der Waals surface area contributed by atoms with Crippen molar-refractivity contribution in [2.45, 2.75) is 12.1 Å². The van der Waals surface area contributed by atoms with E-state index in [0.29, 0.717) is 0 Å². The number of carboxylic acids is 1. The molecule has 9 heteroatoms. The Morgan fingerprint density at radius 3 is 2.70 bits per heavy atom. The van der Waals surface area contributed by atoms with Crippen molar-refractivity contribution in [2.75, 3.05) is 4.72 Å². The Labute approximate surface area is 119 Å². The van der Waals surface area contributed by atoms with Crippen LogP contribution in [-0.4, -0.2) is 24.5 Å². The molecule has 0 bridgehead atoms. The number of hydrogen-bond acceptors (Lipinski definition) is 5. The van der Waals surface area contributed by atoms with E-state index in [1.807, 2.05) is 0 Å². The maximum Gasteiger partial charge on any atom is 0.373 e. The van der Waals surface area contributed by atoms with Gasteiger partial charge in [-0.25, -0.2) is 9.78 Å². The molecular formula is C11H9ClN2O5S. The summed E-state index contributed by atoms with van der Waals surface area (Å²) < 4.78 is 30.7. The highest BCUT2D eigenvalue weighted by atomic mass is 35.5. The monoisotopic (exact) mass is 316 g/mol. The fourth-order valence-corrected chi connectivity index (χ4v) is 2.66. The van der Waals surface area contributed by atoms with Crippen LogP contribution in [0.5, 0.6) is 0 Å². The minimum Gasteiger partial charge on any atom is -0.475 e. The second kappa shape index (κ2) is 5.14. The summed E-state index contributed by atoms with van der Waals surface area (Å²) in [6.45, 7) is 1.80. The fraction of sp³-hybridized carbons (Fsp3) is 0.0909. The van der Waals surface area contributed by atoms with E-state index < -0.39 is 27.0 Å². The van der Waals surface area contributed by atoms with Crippen molar-refractivity contribution in [3.05, 3.63) is 40.7 Å². The Bertz CT molecular complexity index is 769. The molecular weight excluding hydrogens is 308 g/mol. The second-order valence-electron chi connectivity index (χ2n) is 3.88. The summed E-state index contributed by atoms with van der Waals surface area (Å²) in [6, 6.07) is 4.73. The number of carbonyl (C=O) groups is 1. The maximum absolute atomic E-state index is 12.0. The van der Waals surface area contributed by atoms with E-state index in [-0.39, 0.29) is 10.7 Å².